The van der Waals surface area contributed by atoms with Gasteiger partial charge in [-0.05, 0) is 54.7 Å². The highest BCUT2D eigenvalue weighted by molar-refractivity contribution is 6.39. The van der Waals surface area contributed by atoms with Gasteiger partial charge in [-0.3, -0.25) is 14.6 Å². The molecule has 1 aliphatic rings. The van der Waals surface area contributed by atoms with Crippen molar-refractivity contribution in [3.05, 3.63) is 82.8 Å². The van der Waals surface area contributed by atoms with Gasteiger partial charge < -0.3 is 16.0 Å². The maximum atomic E-state index is 13.3. The predicted octanol–water partition coefficient (Wildman–Crippen LogP) is 4.04. The van der Waals surface area contributed by atoms with Crippen LogP contribution in [-0.2, 0) is 28.7 Å². The average molecular weight is 469 g/mol. The number of pyridine rings is 2. The van der Waals surface area contributed by atoms with Crippen LogP contribution in [0.2, 0.25) is 0 Å². The summed E-state index contributed by atoms with van der Waals surface area (Å²) in [5, 5.41) is 2.54. The first-order valence-electron chi connectivity index (χ1n) is 10.6. The summed E-state index contributed by atoms with van der Waals surface area (Å²) in [5.74, 6) is -1.40. The quantitative estimate of drug-likeness (QED) is 0.562. The highest BCUT2D eigenvalue weighted by atomic mass is 19.4. The number of hydrogen-bond acceptors (Lipinski definition) is 5. The van der Waals surface area contributed by atoms with Crippen LogP contribution in [0.4, 0.5) is 24.7 Å². The summed E-state index contributed by atoms with van der Waals surface area (Å²) in [5.41, 5.74) is 7.97. The van der Waals surface area contributed by atoms with Gasteiger partial charge in [-0.15, -0.1) is 0 Å². The largest absolute Gasteiger partial charge is 0.417 e. The third kappa shape index (κ3) is 4.85. The Hall–Kier alpha value is -3.95. The zero-order valence-electron chi connectivity index (χ0n) is 18.3. The van der Waals surface area contributed by atoms with Crippen LogP contribution in [0.1, 0.15) is 40.4 Å². The Morgan fingerprint density at radius 3 is 2.59 bits per heavy atom. The summed E-state index contributed by atoms with van der Waals surface area (Å²) in [6, 6.07) is 10.9. The highest BCUT2D eigenvalue weighted by Crippen LogP contribution is 2.37. The molecule has 2 amide bonds. The molecule has 3 aromatic rings. The minimum absolute atomic E-state index is 0.123. The number of carbonyl (C=O) groups is 2. The standard InChI is InChI=1S/C24H22F3N5O2/c1-14-10-18(12-30-21(14)28)31-22(33)23(34)32(20-9-6-15-4-2-3-5-19(15)20)13-17-8-7-16(11-29-17)24(25,26)27/h2-5,7-8,10-12,20H,6,9,13H2,1H3,(H2,28,30)(H,31,33)/t20-/m1/s1. The summed E-state index contributed by atoms with van der Waals surface area (Å²) < 4.78 is 38.8. The number of nitrogens with zero attached hydrogens (tertiary/aromatic N) is 3. The lowest BCUT2D eigenvalue weighted by Crippen LogP contribution is -2.41. The third-order valence-corrected chi connectivity index (χ3v) is 5.79. The Kier molecular flexibility index (Phi) is 6.23. The monoisotopic (exact) mass is 469 g/mol. The van der Waals surface area contributed by atoms with E-state index in [9.17, 15) is 22.8 Å². The summed E-state index contributed by atoms with van der Waals surface area (Å²) >= 11 is 0. The molecule has 34 heavy (non-hydrogen) atoms. The number of benzene rings is 1. The molecule has 3 N–H and O–H groups in total. The SMILES string of the molecule is Cc1cc(NC(=O)C(=O)N(Cc2ccc(C(F)(F)F)cn2)[C@@H]2CCc3ccccc32)cnc1N. The lowest BCUT2D eigenvalue weighted by Gasteiger charge is -2.29. The fourth-order valence-corrected chi connectivity index (χ4v) is 4.01. The first-order valence-corrected chi connectivity index (χ1v) is 10.6. The fraction of sp³-hybridized carbons (Fsp3) is 0.250. The van der Waals surface area contributed by atoms with Gasteiger partial charge in [0, 0.05) is 6.20 Å². The van der Waals surface area contributed by atoms with Gasteiger partial charge >= 0.3 is 18.0 Å². The van der Waals surface area contributed by atoms with E-state index in [4.69, 9.17) is 5.73 Å². The molecule has 0 fully saturated rings. The van der Waals surface area contributed by atoms with E-state index in [1.54, 1.807) is 13.0 Å². The number of fused-ring (bicyclic) bond motifs is 1. The normalized spacial score (nSPS) is 15.0. The molecule has 4 rings (SSSR count). The molecule has 0 saturated heterocycles. The van der Waals surface area contributed by atoms with Crippen molar-refractivity contribution in [3.63, 3.8) is 0 Å². The Labute approximate surface area is 193 Å². The smallest absolute Gasteiger partial charge is 0.383 e. The minimum atomic E-state index is -4.52. The number of anilines is 2. The highest BCUT2D eigenvalue weighted by Gasteiger charge is 2.35. The second-order valence-corrected chi connectivity index (χ2v) is 8.10. The molecule has 1 atom stereocenters. The van der Waals surface area contributed by atoms with E-state index in [0.29, 0.717) is 29.9 Å². The molecule has 0 unspecified atom stereocenters. The van der Waals surface area contributed by atoms with Crippen molar-refractivity contribution in [2.24, 2.45) is 0 Å². The predicted molar refractivity (Wildman–Crippen MR) is 119 cm³/mol. The van der Waals surface area contributed by atoms with Gasteiger partial charge in [0.2, 0.25) is 0 Å². The molecule has 0 aliphatic heterocycles. The number of halogens is 3. The number of aromatic nitrogens is 2. The molecule has 1 aliphatic carbocycles. The third-order valence-electron chi connectivity index (χ3n) is 5.79. The van der Waals surface area contributed by atoms with Crippen LogP contribution < -0.4 is 11.1 Å². The van der Waals surface area contributed by atoms with Crippen molar-refractivity contribution >= 4 is 23.3 Å². The number of hydrogen-bond donors (Lipinski definition) is 2. The van der Waals surface area contributed by atoms with Gasteiger partial charge in [-0.1, -0.05) is 24.3 Å². The van der Waals surface area contributed by atoms with Gasteiger partial charge in [0.1, 0.15) is 5.82 Å². The van der Waals surface area contributed by atoms with Crippen LogP contribution in [0.3, 0.4) is 0 Å². The summed E-state index contributed by atoms with van der Waals surface area (Å²) in [6.45, 7) is 1.60. The van der Waals surface area contributed by atoms with Crippen molar-refractivity contribution in [1.29, 1.82) is 0 Å². The van der Waals surface area contributed by atoms with E-state index < -0.39 is 29.6 Å². The van der Waals surface area contributed by atoms with Crippen LogP contribution in [0.25, 0.3) is 0 Å². The van der Waals surface area contributed by atoms with E-state index >= 15 is 0 Å². The second kappa shape index (κ2) is 9.12. The number of carbonyl (C=O) groups excluding carboxylic acids is 2. The lowest BCUT2D eigenvalue weighted by atomic mass is 10.1. The number of rotatable bonds is 4. The molecule has 7 nitrogen and oxygen atoms in total. The van der Waals surface area contributed by atoms with Crippen LogP contribution in [0, 0.1) is 6.92 Å². The minimum Gasteiger partial charge on any atom is -0.383 e. The van der Waals surface area contributed by atoms with E-state index in [0.717, 1.165) is 23.4 Å². The second-order valence-electron chi connectivity index (χ2n) is 8.10. The van der Waals surface area contributed by atoms with Crippen LogP contribution in [-0.4, -0.2) is 26.7 Å². The van der Waals surface area contributed by atoms with Gasteiger partial charge in [0.25, 0.3) is 0 Å². The lowest BCUT2D eigenvalue weighted by molar-refractivity contribution is -0.145. The molecule has 10 heteroatoms. The van der Waals surface area contributed by atoms with Gasteiger partial charge in [0.15, 0.2) is 0 Å². The van der Waals surface area contributed by atoms with E-state index in [1.165, 1.54) is 17.2 Å². The first kappa shape index (κ1) is 23.2. The van der Waals surface area contributed by atoms with Crippen molar-refractivity contribution in [1.82, 2.24) is 14.9 Å². The molecule has 176 valence electrons. The van der Waals surface area contributed by atoms with E-state index in [-0.39, 0.29) is 12.2 Å². The molecule has 0 bridgehead atoms. The molecule has 0 radical (unpaired) electrons. The van der Waals surface area contributed by atoms with Crippen LogP contribution in [0.15, 0.2) is 54.9 Å². The Morgan fingerprint density at radius 2 is 1.91 bits per heavy atom. The number of nitrogens with two attached hydrogens (primary N) is 1. The molecular weight excluding hydrogens is 447 g/mol. The number of nitrogen functional groups attached to an aromatic ring is 1. The summed E-state index contributed by atoms with van der Waals surface area (Å²) in [6.07, 6.45) is -1.14. The fourth-order valence-electron chi connectivity index (χ4n) is 4.01. The van der Waals surface area contributed by atoms with Crippen molar-refractivity contribution in [3.8, 4) is 0 Å². The van der Waals surface area contributed by atoms with Crippen LogP contribution in [0.5, 0.6) is 0 Å². The van der Waals surface area contributed by atoms with Gasteiger partial charge in [-0.25, -0.2) is 4.98 Å². The Bertz CT molecular complexity index is 1230. The van der Waals surface area contributed by atoms with Gasteiger partial charge in [0.05, 0.1) is 35.7 Å². The number of nitrogens with one attached hydrogen (secondary N) is 1. The molecule has 0 spiro atoms. The van der Waals surface area contributed by atoms with Crippen molar-refractivity contribution in [2.45, 2.75) is 38.5 Å². The maximum absolute atomic E-state index is 13.3. The average Bonchev–Trinajstić information content (AvgIpc) is 3.23. The van der Waals surface area contributed by atoms with Crippen molar-refractivity contribution in [2.75, 3.05) is 11.1 Å². The van der Waals surface area contributed by atoms with E-state index in [2.05, 4.69) is 15.3 Å². The molecule has 2 aromatic heterocycles. The summed E-state index contributed by atoms with van der Waals surface area (Å²) in [4.78, 5) is 35.4. The van der Waals surface area contributed by atoms with Gasteiger partial charge in [-0.2, -0.15) is 13.2 Å². The van der Waals surface area contributed by atoms with Crippen LogP contribution >= 0.6 is 0 Å². The molecule has 2 heterocycles. The molecular formula is C24H22F3N5O2. The summed E-state index contributed by atoms with van der Waals surface area (Å²) in [7, 11) is 0. The Balaban J connectivity index is 1.61. The van der Waals surface area contributed by atoms with E-state index in [1.807, 2.05) is 24.3 Å². The zero-order chi connectivity index (χ0) is 24.5. The topological polar surface area (TPSA) is 101 Å². The number of amides is 2. The number of alkyl halides is 3. The van der Waals surface area contributed by atoms with Crippen molar-refractivity contribution < 1.29 is 22.8 Å². The number of aryl methyl sites for hydroxylation is 2. The maximum Gasteiger partial charge on any atom is 0.417 e. The molecule has 0 saturated carbocycles. The zero-order valence-corrected chi connectivity index (χ0v) is 18.3. The Morgan fingerprint density at radius 1 is 1.15 bits per heavy atom. The molecule has 1 aromatic carbocycles. The first-order chi connectivity index (χ1) is 16.1.